The molecule has 1 aromatic heterocycles. The van der Waals surface area contributed by atoms with E-state index in [1.807, 2.05) is 0 Å². The van der Waals surface area contributed by atoms with Crippen LogP contribution in [-0.2, 0) is 6.42 Å². The van der Waals surface area contributed by atoms with E-state index in [1.54, 1.807) is 6.92 Å². The first kappa shape index (κ1) is 13.9. The summed E-state index contributed by atoms with van der Waals surface area (Å²) in [6.07, 6.45) is 4.59. The Morgan fingerprint density at radius 2 is 2.14 bits per heavy atom. The summed E-state index contributed by atoms with van der Waals surface area (Å²) in [6.45, 7) is 6.03. The van der Waals surface area contributed by atoms with Gasteiger partial charge in [-0.05, 0) is 56.7 Å². The summed E-state index contributed by atoms with van der Waals surface area (Å²) in [6, 6.07) is 4.49. The van der Waals surface area contributed by atoms with E-state index in [0.717, 1.165) is 19.3 Å². The molecule has 0 saturated heterocycles. The maximum absolute atomic E-state index is 12.4. The Kier molecular flexibility index (Phi) is 3.53. The van der Waals surface area contributed by atoms with Crippen molar-refractivity contribution in [3.05, 3.63) is 51.9 Å². The minimum atomic E-state index is -0.106. The molecule has 21 heavy (non-hydrogen) atoms. The van der Waals surface area contributed by atoms with Crippen LogP contribution in [0, 0.1) is 20.8 Å². The van der Waals surface area contributed by atoms with Crippen LogP contribution in [0.4, 0.5) is 0 Å². The molecule has 0 radical (unpaired) electrons. The van der Waals surface area contributed by atoms with Gasteiger partial charge in [0.25, 0.3) is 5.91 Å². The second-order valence-electron chi connectivity index (χ2n) is 5.88. The standard InChI is InChI=1S/C17H20N2O2/c1-10-7-11(2)13-5-4-6-16(14(13)8-10)18-17(20)15-9-21-19-12(15)3/h7-9,16H,4-6H2,1-3H3,(H,18,20)/t16-/m0/s1. The normalized spacial score (nSPS) is 17.4. The largest absolute Gasteiger partial charge is 0.364 e. The van der Waals surface area contributed by atoms with Gasteiger partial charge in [0.15, 0.2) is 0 Å². The number of benzene rings is 1. The SMILES string of the molecule is Cc1cc(C)c2c(c1)[C@@H](NC(=O)c1conc1C)CCC2. The van der Waals surface area contributed by atoms with E-state index in [-0.39, 0.29) is 11.9 Å². The molecule has 1 heterocycles. The van der Waals surface area contributed by atoms with Crippen molar-refractivity contribution in [3.8, 4) is 0 Å². The molecule has 4 nitrogen and oxygen atoms in total. The van der Waals surface area contributed by atoms with Crippen LogP contribution in [0.25, 0.3) is 0 Å². The van der Waals surface area contributed by atoms with Crippen molar-refractivity contribution in [1.82, 2.24) is 10.5 Å². The van der Waals surface area contributed by atoms with E-state index in [9.17, 15) is 4.79 Å². The minimum Gasteiger partial charge on any atom is -0.364 e. The number of hydrogen-bond donors (Lipinski definition) is 1. The highest BCUT2D eigenvalue weighted by atomic mass is 16.5. The predicted octanol–water partition coefficient (Wildman–Crippen LogP) is 3.41. The molecular formula is C17H20N2O2. The summed E-state index contributed by atoms with van der Waals surface area (Å²) >= 11 is 0. The molecule has 0 bridgehead atoms. The fourth-order valence-electron chi connectivity index (χ4n) is 3.22. The molecule has 110 valence electrons. The van der Waals surface area contributed by atoms with Crippen molar-refractivity contribution in [2.75, 3.05) is 0 Å². The number of carbonyl (C=O) groups excluding carboxylic acids is 1. The smallest absolute Gasteiger partial charge is 0.256 e. The van der Waals surface area contributed by atoms with E-state index in [0.29, 0.717) is 11.3 Å². The molecule has 1 aromatic carbocycles. The number of amides is 1. The summed E-state index contributed by atoms with van der Waals surface area (Å²) < 4.78 is 4.85. The highest BCUT2D eigenvalue weighted by molar-refractivity contribution is 5.95. The Balaban J connectivity index is 1.89. The number of nitrogens with zero attached hydrogens (tertiary/aromatic N) is 1. The molecule has 2 aromatic rings. The number of fused-ring (bicyclic) bond motifs is 1. The number of aromatic nitrogens is 1. The summed E-state index contributed by atoms with van der Waals surface area (Å²) in [5.74, 6) is -0.106. The predicted molar refractivity (Wildman–Crippen MR) is 80.3 cm³/mol. The number of hydrogen-bond acceptors (Lipinski definition) is 3. The molecule has 0 saturated carbocycles. The minimum absolute atomic E-state index is 0.0779. The molecule has 0 fully saturated rings. The molecule has 1 atom stereocenters. The molecule has 4 heteroatoms. The lowest BCUT2D eigenvalue weighted by molar-refractivity contribution is 0.0931. The third-order valence-corrected chi connectivity index (χ3v) is 4.25. The van der Waals surface area contributed by atoms with Gasteiger partial charge in [-0.15, -0.1) is 0 Å². The van der Waals surface area contributed by atoms with Gasteiger partial charge < -0.3 is 9.84 Å². The van der Waals surface area contributed by atoms with Crippen LogP contribution in [0.1, 0.15) is 57.2 Å². The third-order valence-electron chi connectivity index (χ3n) is 4.25. The van der Waals surface area contributed by atoms with Crippen LogP contribution in [0.3, 0.4) is 0 Å². The average molecular weight is 284 g/mol. The zero-order valence-corrected chi connectivity index (χ0v) is 12.7. The Morgan fingerprint density at radius 1 is 1.33 bits per heavy atom. The molecule has 0 aliphatic heterocycles. The maximum atomic E-state index is 12.4. The molecular weight excluding hydrogens is 264 g/mol. The van der Waals surface area contributed by atoms with Crippen LogP contribution >= 0.6 is 0 Å². The zero-order chi connectivity index (χ0) is 15.0. The molecule has 1 aliphatic carbocycles. The second kappa shape index (κ2) is 5.35. The van der Waals surface area contributed by atoms with E-state index < -0.39 is 0 Å². The molecule has 1 N–H and O–H groups in total. The second-order valence-corrected chi connectivity index (χ2v) is 5.88. The van der Waals surface area contributed by atoms with E-state index in [1.165, 1.54) is 28.5 Å². The van der Waals surface area contributed by atoms with Crippen LogP contribution in [0.2, 0.25) is 0 Å². The van der Waals surface area contributed by atoms with Gasteiger partial charge in [0, 0.05) is 0 Å². The number of nitrogens with one attached hydrogen (secondary N) is 1. The quantitative estimate of drug-likeness (QED) is 0.919. The van der Waals surface area contributed by atoms with E-state index in [4.69, 9.17) is 4.52 Å². The number of rotatable bonds is 2. The third kappa shape index (κ3) is 2.58. The van der Waals surface area contributed by atoms with Gasteiger partial charge >= 0.3 is 0 Å². The first-order valence-corrected chi connectivity index (χ1v) is 7.38. The highest BCUT2D eigenvalue weighted by Crippen LogP contribution is 2.33. The summed E-state index contributed by atoms with van der Waals surface area (Å²) in [4.78, 5) is 12.4. The summed E-state index contributed by atoms with van der Waals surface area (Å²) in [5.41, 5.74) is 6.37. The molecule has 3 rings (SSSR count). The van der Waals surface area contributed by atoms with E-state index >= 15 is 0 Å². The van der Waals surface area contributed by atoms with Crippen molar-refractivity contribution in [1.29, 1.82) is 0 Å². The van der Waals surface area contributed by atoms with Crippen molar-refractivity contribution < 1.29 is 9.32 Å². The Bertz CT molecular complexity index is 688. The van der Waals surface area contributed by atoms with Crippen molar-refractivity contribution in [2.45, 2.75) is 46.1 Å². The molecule has 1 aliphatic rings. The lowest BCUT2D eigenvalue weighted by Crippen LogP contribution is -2.31. The van der Waals surface area contributed by atoms with Gasteiger partial charge in [0.1, 0.15) is 11.8 Å². The maximum Gasteiger partial charge on any atom is 0.256 e. The lowest BCUT2D eigenvalue weighted by atomic mass is 9.84. The Hall–Kier alpha value is -2.10. The fraction of sp³-hybridized carbons (Fsp3) is 0.412. The van der Waals surface area contributed by atoms with Crippen LogP contribution in [-0.4, -0.2) is 11.1 Å². The van der Waals surface area contributed by atoms with Gasteiger partial charge in [-0.3, -0.25) is 4.79 Å². The molecule has 1 amide bonds. The lowest BCUT2D eigenvalue weighted by Gasteiger charge is -2.28. The van der Waals surface area contributed by atoms with E-state index in [2.05, 4.69) is 36.5 Å². The molecule has 0 unspecified atom stereocenters. The fourth-order valence-corrected chi connectivity index (χ4v) is 3.22. The van der Waals surface area contributed by atoms with Crippen molar-refractivity contribution >= 4 is 5.91 Å². The Labute approximate surface area is 124 Å². The number of carbonyl (C=O) groups is 1. The summed E-state index contributed by atoms with van der Waals surface area (Å²) in [5, 5.41) is 6.90. The van der Waals surface area contributed by atoms with Gasteiger partial charge in [-0.2, -0.15) is 0 Å². The topological polar surface area (TPSA) is 55.1 Å². The zero-order valence-electron chi connectivity index (χ0n) is 12.7. The first-order chi connectivity index (χ1) is 10.1. The van der Waals surface area contributed by atoms with Gasteiger partial charge in [-0.25, -0.2) is 0 Å². The summed E-state index contributed by atoms with van der Waals surface area (Å²) in [7, 11) is 0. The molecule has 0 spiro atoms. The van der Waals surface area contributed by atoms with Gasteiger partial charge in [0.05, 0.1) is 11.7 Å². The number of aryl methyl sites for hydroxylation is 3. The van der Waals surface area contributed by atoms with Gasteiger partial charge in [-0.1, -0.05) is 22.9 Å². The van der Waals surface area contributed by atoms with Crippen LogP contribution in [0.15, 0.2) is 22.9 Å². The van der Waals surface area contributed by atoms with Crippen molar-refractivity contribution in [2.24, 2.45) is 0 Å². The monoisotopic (exact) mass is 284 g/mol. The Morgan fingerprint density at radius 3 is 2.86 bits per heavy atom. The van der Waals surface area contributed by atoms with Crippen molar-refractivity contribution in [3.63, 3.8) is 0 Å². The average Bonchev–Trinajstić information content (AvgIpc) is 2.86. The van der Waals surface area contributed by atoms with Crippen LogP contribution in [0.5, 0.6) is 0 Å². The van der Waals surface area contributed by atoms with Crippen LogP contribution < -0.4 is 5.32 Å². The highest BCUT2D eigenvalue weighted by Gasteiger charge is 2.24. The first-order valence-electron chi connectivity index (χ1n) is 7.38. The van der Waals surface area contributed by atoms with Gasteiger partial charge in [0.2, 0.25) is 0 Å².